The quantitative estimate of drug-likeness (QED) is 0.576. The van der Waals surface area contributed by atoms with Crippen LogP contribution < -0.4 is 0 Å². The van der Waals surface area contributed by atoms with E-state index in [2.05, 4.69) is 36.4 Å². The summed E-state index contributed by atoms with van der Waals surface area (Å²) in [7, 11) is 0. The van der Waals surface area contributed by atoms with E-state index >= 15 is 0 Å². The second-order valence-corrected chi connectivity index (χ2v) is 5.72. The first-order valence-electron chi connectivity index (χ1n) is 5.60. The third-order valence-electron chi connectivity index (χ3n) is 3.70. The van der Waals surface area contributed by atoms with Gasteiger partial charge in [-0.15, -0.1) is 11.3 Å². The fraction of sp³-hybridized carbons (Fsp3) is 0.286. The summed E-state index contributed by atoms with van der Waals surface area (Å²) in [6.45, 7) is 0. The highest BCUT2D eigenvalue weighted by Gasteiger charge is 2.31. The molecule has 15 heavy (non-hydrogen) atoms. The smallest absolute Gasteiger partial charge is 0.0348 e. The van der Waals surface area contributed by atoms with E-state index in [1.165, 1.54) is 22.9 Å². The normalized spacial score (nSPS) is 27.2. The van der Waals surface area contributed by atoms with Gasteiger partial charge < -0.3 is 0 Å². The minimum atomic E-state index is 0.733. The van der Waals surface area contributed by atoms with Gasteiger partial charge in [-0.2, -0.15) is 0 Å². The second kappa shape index (κ2) is 2.73. The molecule has 1 aromatic carbocycles. The molecule has 0 saturated heterocycles. The SMILES string of the molecule is C1=CC2CC1Cc1c2sc2ccccc12. The molecule has 0 nitrogen and oxygen atoms in total. The van der Waals surface area contributed by atoms with Crippen molar-refractivity contribution in [3.8, 4) is 0 Å². The fourth-order valence-electron chi connectivity index (χ4n) is 3.01. The first-order valence-corrected chi connectivity index (χ1v) is 6.42. The molecule has 2 aliphatic carbocycles. The molecule has 0 spiro atoms. The lowest BCUT2D eigenvalue weighted by atomic mass is 9.86. The molecule has 2 aliphatic rings. The molecule has 4 rings (SSSR count). The lowest BCUT2D eigenvalue weighted by molar-refractivity contribution is 0.565. The van der Waals surface area contributed by atoms with Crippen molar-refractivity contribution in [2.75, 3.05) is 0 Å². The van der Waals surface area contributed by atoms with Crippen LogP contribution in [0.1, 0.15) is 22.8 Å². The Balaban J connectivity index is 2.07. The third-order valence-corrected chi connectivity index (χ3v) is 5.05. The number of fused-ring (bicyclic) bond motifs is 6. The number of benzene rings is 1. The Kier molecular flexibility index (Phi) is 1.48. The maximum atomic E-state index is 2.42. The molecule has 0 N–H and O–H groups in total. The van der Waals surface area contributed by atoms with Crippen LogP contribution in [0.15, 0.2) is 36.4 Å². The summed E-state index contributed by atoms with van der Waals surface area (Å²) in [5.41, 5.74) is 1.64. The largest absolute Gasteiger partial charge is 0.139 e. The summed E-state index contributed by atoms with van der Waals surface area (Å²) >= 11 is 2.01. The highest BCUT2D eigenvalue weighted by molar-refractivity contribution is 7.19. The molecule has 0 saturated carbocycles. The minimum Gasteiger partial charge on any atom is -0.139 e. The Morgan fingerprint density at radius 1 is 1.13 bits per heavy atom. The number of thiophene rings is 1. The maximum absolute atomic E-state index is 2.42. The van der Waals surface area contributed by atoms with Crippen molar-refractivity contribution in [1.82, 2.24) is 0 Å². The lowest BCUT2D eigenvalue weighted by Crippen LogP contribution is -2.08. The molecule has 0 fully saturated rings. The van der Waals surface area contributed by atoms with E-state index < -0.39 is 0 Å². The van der Waals surface area contributed by atoms with E-state index in [1.54, 1.807) is 10.4 Å². The van der Waals surface area contributed by atoms with Crippen LogP contribution in [0.4, 0.5) is 0 Å². The molecule has 0 amide bonds. The summed E-state index contributed by atoms with van der Waals surface area (Å²) < 4.78 is 1.48. The number of allylic oxidation sites excluding steroid dienone is 2. The van der Waals surface area contributed by atoms with Gasteiger partial charge in [-0.25, -0.2) is 0 Å². The van der Waals surface area contributed by atoms with Crippen molar-refractivity contribution in [3.05, 3.63) is 46.9 Å². The Morgan fingerprint density at radius 2 is 2.07 bits per heavy atom. The predicted octanol–water partition coefficient (Wildman–Crippen LogP) is 4.12. The zero-order valence-electron chi connectivity index (χ0n) is 8.44. The maximum Gasteiger partial charge on any atom is 0.0348 e. The summed E-state index contributed by atoms with van der Waals surface area (Å²) in [5.74, 6) is 1.55. The van der Waals surface area contributed by atoms with Gasteiger partial charge in [-0.1, -0.05) is 30.4 Å². The zero-order valence-corrected chi connectivity index (χ0v) is 9.26. The van der Waals surface area contributed by atoms with Crippen molar-refractivity contribution in [2.45, 2.75) is 18.8 Å². The van der Waals surface area contributed by atoms with Crippen LogP contribution in [0.2, 0.25) is 0 Å². The molecule has 2 aromatic rings. The fourth-order valence-corrected chi connectivity index (χ4v) is 4.34. The van der Waals surface area contributed by atoms with Crippen LogP contribution >= 0.6 is 11.3 Å². The van der Waals surface area contributed by atoms with Crippen LogP contribution in [-0.4, -0.2) is 0 Å². The standard InChI is InChI=1S/C14H12S/c1-2-4-13-11(3-1)12-8-9-5-6-10(7-9)14(12)15-13/h1-6,9-10H,7-8H2. The van der Waals surface area contributed by atoms with Crippen molar-refractivity contribution < 1.29 is 0 Å². The van der Waals surface area contributed by atoms with Gasteiger partial charge in [0.15, 0.2) is 0 Å². The molecule has 74 valence electrons. The Labute approximate surface area is 93.2 Å². The van der Waals surface area contributed by atoms with E-state index in [9.17, 15) is 0 Å². The molecule has 1 heterocycles. The van der Waals surface area contributed by atoms with Crippen LogP contribution in [0.5, 0.6) is 0 Å². The Morgan fingerprint density at radius 3 is 3.07 bits per heavy atom. The van der Waals surface area contributed by atoms with Gasteiger partial charge in [0.1, 0.15) is 0 Å². The highest BCUT2D eigenvalue weighted by Crippen LogP contribution is 2.47. The molecule has 0 radical (unpaired) electrons. The van der Waals surface area contributed by atoms with E-state index in [-0.39, 0.29) is 0 Å². The Bertz CT molecular complexity index is 562. The molecule has 0 aliphatic heterocycles. The monoisotopic (exact) mass is 212 g/mol. The molecular formula is C14H12S. The van der Waals surface area contributed by atoms with Gasteiger partial charge in [0.05, 0.1) is 0 Å². The number of rotatable bonds is 0. The zero-order chi connectivity index (χ0) is 9.83. The van der Waals surface area contributed by atoms with E-state index in [0.29, 0.717) is 0 Å². The first-order chi connectivity index (χ1) is 7.42. The van der Waals surface area contributed by atoms with Crippen molar-refractivity contribution in [3.63, 3.8) is 0 Å². The average molecular weight is 212 g/mol. The summed E-state index contributed by atoms with van der Waals surface area (Å²) in [6.07, 6.45) is 7.48. The molecule has 2 bridgehead atoms. The van der Waals surface area contributed by atoms with Crippen molar-refractivity contribution in [1.29, 1.82) is 0 Å². The van der Waals surface area contributed by atoms with Gasteiger partial charge in [-0.05, 0) is 35.8 Å². The predicted molar refractivity (Wildman–Crippen MR) is 65.5 cm³/mol. The summed E-state index contributed by atoms with van der Waals surface area (Å²) in [6, 6.07) is 8.86. The second-order valence-electron chi connectivity index (χ2n) is 4.63. The van der Waals surface area contributed by atoms with E-state index in [1.807, 2.05) is 11.3 Å². The molecular weight excluding hydrogens is 200 g/mol. The van der Waals surface area contributed by atoms with Gasteiger partial charge in [-0.3, -0.25) is 0 Å². The van der Waals surface area contributed by atoms with Crippen molar-refractivity contribution >= 4 is 21.4 Å². The first kappa shape index (κ1) is 8.12. The minimum absolute atomic E-state index is 0.733. The number of hydrogen-bond donors (Lipinski definition) is 0. The molecule has 1 aromatic heterocycles. The van der Waals surface area contributed by atoms with Gasteiger partial charge in [0.2, 0.25) is 0 Å². The molecule has 1 heteroatoms. The van der Waals surface area contributed by atoms with Crippen molar-refractivity contribution in [2.24, 2.45) is 5.92 Å². The van der Waals surface area contributed by atoms with Crippen LogP contribution in [0.25, 0.3) is 10.1 Å². The topological polar surface area (TPSA) is 0 Å². The van der Waals surface area contributed by atoms with Gasteiger partial charge in [0, 0.05) is 15.5 Å². The van der Waals surface area contributed by atoms with Crippen LogP contribution in [0, 0.1) is 5.92 Å². The van der Waals surface area contributed by atoms with Gasteiger partial charge in [0.25, 0.3) is 0 Å². The number of hydrogen-bond acceptors (Lipinski definition) is 1. The summed E-state index contributed by atoms with van der Waals surface area (Å²) in [5, 5.41) is 1.51. The van der Waals surface area contributed by atoms with E-state index in [4.69, 9.17) is 0 Å². The van der Waals surface area contributed by atoms with Gasteiger partial charge >= 0.3 is 0 Å². The van der Waals surface area contributed by atoms with Crippen LogP contribution in [0.3, 0.4) is 0 Å². The van der Waals surface area contributed by atoms with E-state index in [0.717, 1.165) is 11.8 Å². The third kappa shape index (κ3) is 1.02. The molecule has 2 unspecified atom stereocenters. The van der Waals surface area contributed by atoms with Crippen LogP contribution in [-0.2, 0) is 6.42 Å². The molecule has 2 atom stereocenters. The lowest BCUT2D eigenvalue weighted by Gasteiger charge is -2.19. The average Bonchev–Trinajstić information content (AvgIpc) is 2.83. The summed E-state index contributed by atoms with van der Waals surface area (Å²) in [4.78, 5) is 1.64. The highest BCUT2D eigenvalue weighted by atomic mass is 32.1. The Hall–Kier alpha value is -1.08.